The molecule has 1 aromatic heterocycles. The fraction of sp³-hybridized carbons (Fsp3) is 0.280. The normalized spacial score (nSPS) is 14.4. The summed E-state index contributed by atoms with van der Waals surface area (Å²) in [7, 11) is -1.67. The quantitative estimate of drug-likeness (QED) is 0.473. The van der Waals surface area contributed by atoms with Gasteiger partial charge >= 0.3 is 6.18 Å². The van der Waals surface area contributed by atoms with Crippen LogP contribution < -0.4 is 9.62 Å². The van der Waals surface area contributed by atoms with E-state index in [1.807, 2.05) is 19.9 Å². The van der Waals surface area contributed by atoms with Gasteiger partial charge < -0.3 is 5.32 Å². The molecule has 2 aromatic carbocycles. The number of hydrogen-bond donors (Lipinski definition) is 1. The van der Waals surface area contributed by atoms with Crippen molar-refractivity contribution in [2.45, 2.75) is 50.7 Å². The number of nitriles is 1. The molecule has 1 aliphatic rings. The highest BCUT2D eigenvalue weighted by Crippen LogP contribution is 2.41. The van der Waals surface area contributed by atoms with Crippen molar-refractivity contribution in [3.8, 4) is 6.07 Å². The first-order valence-electron chi connectivity index (χ1n) is 10.6. The molecule has 1 N–H and O–H groups in total. The Labute approximate surface area is 198 Å². The number of alkyl halides is 3. The number of anilines is 3. The van der Waals surface area contributed by atoms with Crippen LogP contribution in [0, 0.1) is 25.2 Å². The zero-order valence-corrected chi connectivity index (χ0v) is 19.9. The number of hydrogen-bond acceptors (Lipinski definition) is 4. The number of nitrogens with zero attached hydrogens (tertiary/aromatic N) is 3. The maximum absolute atomic E-state index is 13.8. The summed E-state index contributed by atoms with van der Waals surface area (Å²) in [6.07, 6.45) is -4.57. The lowest BCUT2D eigenvalue weighted by molar-refractivity contribution is -0.141. The molecular formula is C25H23F3N4OS. The van der Waals surface area contributed by atoms with Gasteiger partial charge in [0.25, 0.3) is 0 Å². The molecule has 9 heteroatoms. The number of pyridine rings is 1. The average molecular weight is 485 g/mol. The van der Waals surface area contributed by atoms with E-state index < -0.39 is 28.3 Å². The van der Waals surface area contributed by atoms with Crippen LogP contribution in [-0.4, -0.2) is 9.19 Å². The number of rotatable bonds is 3. The van der Waals surface area contributed by atoms with Crippen LogP contribution in [0.2, 0.25) is 0 Å². The van der Waals surface area contributed by atoms with Crippen molar-refractivity contribution in [2.75, 3.05) is 9.62 Å². The van der Waals surface area contributed by atoms with E-state index in [0.717, 1.165) is 22.8 Å². The number of benzene rings is 2. The van der Waals surface area contributed by atoms with Gasteiger partial charge in [-0.15, -0.1) is 0 Å². The minimum atomic E-state index is -4.57. The summed E-state index contributed by atoms with van der Waals surface area (Å²) < 4.78 is 55.3. The van der Waals surface area contributed by atoms with Gasteiger partial charge in [0.15, 0.2) is 11.0 Å². The molecule has 0 bridgehead atoms. The largest absolute Gasteiger partial charge is 0.433 e. The molecule has 0 fully saturated rings. The average Bonchev–Trinajstić information content (AvgIpc) is 2.97. The summed E-state index contributed by atoms with van der Waals surface area (Å²) in [6.45, 7) is 7.53. The molecule has 5 nitrogen and oxygen atoms in total. The van der Waals surface area contributed by atoms with Gasteiger partial charge in [-0.2, -0.15) is 18.4 Å². The Bertz CT molecular complexity index is 1330. The van der Waals surface area contributed by atoms with E-state index in [4.69, 9.17) is 0 Å². The lowest BCUT2D eigenvalue weighted by Crippen LogP contribution is -2.26. The fourth-order valence-electron chi connectivity index (χ4n) is 3.79. The van der Waals surface area contributed by atoms with E-state index in [1.54, 1.807) is 48.5 Å². The van der Waals surface area contributed by atoms with E-state index in [9.17, 15) is 22.6 Å². The summed E-state index contributed by atoms with van der Waals surface area (Å²) in [5.74, 6) is 0.0879. The van der Waals surface area contributed by atoms with E-state index in [1.165, 1.54) is 6.07 Å². The second kappa shape index (κ2) is 8.44. The second-order valence-corrected chi connectivity index (χ2v) is 10.2. The third-order valence-corrected chi connectivity index (χ3v) is 7.43. The zero-order valence-electron chi connectivity index (χ0n) is 19.1. The highest BCUT2D eigenvalue weighted by molar-refractivity contribution is 7.86. The van der Waals surface area contributed by atoms with E-state index in [-0.39, 0.29) is 12.4 Å². The molecule has 2 heterocycles. The van der Waals surface area contributed by atoms with Crippen molar-refractivity contribution >= 4 is 28.2 Å². The van der Waals surface area contributed by atoms with Crippen LogP contribution in [0.15, 0.2) is 53.4 Å². The molecule has 0 spiro atoms. The van der Waals surface area contributed by atoms with Gasteiger partial charge in [0, 0.05) is 5.56 Å². The third-order valence-electron chi connectivity index (χ3n) is 6.04. The predicted molar refractivity (Wildman–Crippen MR) is 126 cm³/mol. The summed E-state index contributed by atoms with van der Waals surface area (Å²) >= 11 is 0. The van der Waals surface area contributed by atoms with Crippen molar-refractivity contribution in [1.29, 1.82) is 5.26 Å². The first kappa shape index (κ1) is 23.8. The monoisotopic (exact) mass is 484 g/mol. The van der Waals surface area contributed by atoms with Gasteiger partial charge in [0.05, 0.1) is 34.3 Å². The van der Waals surface area contributed by atoms with E-state index >= 15 is 0 Å². The first-order chi connectivity index (χ1) is 15.9. The number of nitrogens with one attached hydrogen (secondary N) is 1. The second-order valence-electron chi connectivity index (χ2n) is 8.78. The summed E-state index contributed by atoms with van der Waals surface area (Å²) in [5, 5.41) is 12.4. The molecule has 4 rings (SSSR count). The van der Waals surface area contributed by atoms with Crippen molar-refractivity contribution in [2.24, 2.45) is 0 Å². The van der Waals surface area contributed by atoms with Crippen LogP contribution >= 0.6 is 0 Å². The fourth-order valence-corrected chi connectivity index (χ4v) is 5.07. The Hall–Kier alpha value is -3.38. The Morgan fingerprint density at radius 2 is 1.74 bits per heavy atom. The summed E-state index contributed by atoms with van der Waals surface area (Å²) in [6, 6.07) is 15.2. The molecule has 1 aliphatic heterocycles. The number of halogens is 3. The minimum absolute atomic E-state index is 0.0879. The lowest BCUT2D eigenvalue weighted by Gasteiger charge is -2.26. The van der Waals surface area contributed by atoms with Crippen molar-refractivity contribution in [1.82, 2.24) is 4.98 Å². The van der Waals surface area contributed by atoms with Gasteiger partial charge in [-0.3, -0.25) is 4.31 Å². The highest BCUT2D eigenvalue weighted by Gasteiger charge is 2.34. The van der Waals surface area contributed by atoms with Crippen LogP contribution in [0.1, 0.15) is 41.8 Å². The maximum Gasteiger partial charge on any atom is 0.433 e. The van der Waals surface area contributed by atoms with Gasteiger partial charge in [-0.05, 0) is 68.7 Å². The Morgan fingerprint density at radius 3 is 2.35 bits per heavy atom. The third kappa shape index (κ3) is 4.26. The maximum atomic E-state index is 13.8. The zero-order chi connectivity index (χ0) is 24.8. The van der Waals surface area contributed by atoms with Gasteiger partial charge in [-0.25, -0.2) is 9.19 Å². The van der Waals surface area contributed by atoms with Crippen LogP contribution in [0.3, 0.4) is 0 Å². The van der Waals surface area contributed by atoms with Crippen molar-refractivity contribution < 1.29 is 17.4 Å². The molecule has 1 atom stereocenters. The molecule has 0 aliphatic carbocycles. The minimum Gasteiger partial charge on any atom is -0.338 e. The van der Waals surface area contributed by atoms with E-state index in [2.05, 4.69) is 16.4 Å². The molecule has 0 saturated heterocycles. The SMILES string of the molecule is Cc1ccc2c(c1C)N(S(=O)c1ccc(C(C)(C)C#N)cc1)Cc1ccc(C(F)(F)F)nc1N2. The first-order valence-corrected chi connectivity index (χ1v) is 11.7. The molecule has 0 radical (unpaired) electrons. The summed E-state index contributed by atoms with van der Waals surface area (Å²) in [5.41, 5.74) is 2.62. The number of aromatic nitrogens is 1. The standard InChI is InChI=1S/C25H23F3N4OS/c1-15-5-11-20-22(16(15)2)32(13-17-6-12-21(25(26,27)28)31-23(17)30-20)34(33)19-9-7-18(8-10-19)24(3,4)14-29/h5-12H,13H2,1-4H3,(H,30,31). The molecule has 1 unspecified atom stereocenters. The topological polar surface area (TPSA) is 69.0 Å². The van der Waals surface area contributed by atoms with Gasteiger partial charge in [-0.1, -0.05) is 24.3 Å². The smallest absolute Gasteiger partial charge is 0.338 e. The van der Waals surface area contributed by atoms with Gasteiger partial charge in [0.2, 0.25) is 0 Å². The Balaban J connectivity index is 1.82. The molecule has 34 heavy (non-hydrogen) atoms. The van der Waals surface area contributed by atoms with Crippen LogP contribution in [0.25, 0.3) is 0 Å². The Morgan fingerprint density at radius 1 is 1.06 bits per heavy atom. The van der Waals surface area contributed by atoms with Gasteiger partial charge in [0.1, 0.15) is 11.5 Å². The van der Waals surface area contributed by atoms with Crippen molar-refractivity contribution in [3.63, 3.8) is 0 Å². The number of fused-ring (bicyclic) bond motifs is 2. The number of aryl methyl sites for hydroxylation is 1. The molecule has 3 aromatic rings. The highest BCUT2D eigenvalue weighted by atomic mass is 32.2. The molecule has 0 saturated carbocycles. The Kier molecular flexibility index (Phi) is 5.90. The lowest BCUT2D eigenvalue weighted by atomic mass is 9.87. The van der Waals surface area contributed by atoms with E-state index in [0.29, 0.717) is 21.8 Å². The van der Waals surface area contributed by atoms with Crippen LogP contribution in [0.5, 0.6) is 0 Å². The van der Waals surface area contributed by atoms with Crippen molar-refractivity contribution in [3.05, 3.63) is 76.5 Å². The van der Waals surface area contributed by atoms with Crippen LogP contribution in [0.4, 0.5) is 30.4 Å². The van der Waals surface area contributed by atoms with Crippen LogP contribution in [-0.2, 0) is 29.1 Å². The molecular weight excluding hydrogens is 461 g/mol. The predicted octanol–water partition coefficient (Wildman–Crippen LogP) is 6.30. The summed E-state index contributed by atoms with van der Waals surface area (Å²) in [4.78, 5) is 4.34. The molecule has 176 valence electrons. The molecule has 0 amide bonds.